The van der Waals surface area contributed by atoms with Crippen molar-refractivity contribution in [2.24, 2.45) is 0 Å². The van der Waals surface area contributed by atoms with Gasteiger partial charge in [0.1, 0.15) is 0 Å². The molecule has 104 valence electrons. The number of benzene rings is 2. The summed E-state index contributed by atoms with van der Waals surface area (Å²) in [6.07, 6.45) is 2.14. The van der Waals surface area contributed by atoms with E-state index in [0.29, 0.717) is 0 Å². The highest BCUT2D eigenvalue weighted by atomic mass is 16.3. The van der Waals surface area contributed by atoms with Crippen molar-refractivity contribution in [1.82, 2.24) is 5.32 Å². The fourth-order valence-electron chi connectivity index (χ4n) is 2.77. The monoisotopic (exact) mass is 270 g/mol. The molecule has 4 heteroatoms. The smallest absolute Gasteiger partial charge is 0.319 e. The number of fused-ring (bicyclic) bond motifs is 1. The Morgan fingerprint density at radius 3 is 2.70 bits per heavy atom. The maximum Gasteiger partial charge on any atom is 0.319 e. The first-order chi connectivity index (χ1) is 9.74. The number of carbonyl (C=O) groups is 1. The molecule has 3 N–H and O–H groups in total. The van der Waals surface area contributed by atoms with Crippen molar-refractivity contribution in [3.05, 3.63) is 42.5 Å². The van der Waals surface area contributed by atoms with Gasteiger partial charge in [-0.05, 0) is 30.7 Å². The topological polar surface area (TPSA) is 61.4 Å². The van der Waals surface area contributed by atoms with Gasteiger partial charge in [-0.1, -0.05) is 36.4 Å². The van der Waals surface area contributed by atoms with Crippen LogP contribution in [0.1, 0.15) is 19.3 Å². The number of anilines is 1. The molecule has 2 amide bonds. The third-order valence-electron chi connectivity index (χ3n) is 3.83. The molecule has 2 aromatic rings. The van der Waals surface area contributed by atoms with Gasteiger partial charge in [0.05, 0.1) is 17.8 Å². The fraction of sp³-hybridized carbons (Fsp3) is 0.312. The van der Waals surface area contributed by atoms with Crippen molar-refractivity contribution in [2.45, 2.75) is 31.4 Å². The Morgan fingerprint density at radius 1 is 1.10 bits per heavy atom. The van der Waals surface area contributed by atoms with Crippen molar-refractivity contribution in [1.29, 1.82) is 0 Å². The highest BCUT2D eigenvalue weighted by Crippen LogP contribution is 2.23. The van der Waals surface area contributed by atoms with Crippen LogP contribution >= 0.6 is 0 Å². The number of carbonyl (C=O) groups excluding carboxylic acids is 1. The molecule has 20 heavy (non-hydrogen) atoms. The summed E-state index contributed by atoms with van der Waals surface area (Å²) in [6, 6.07) is 13.3. The largest absolute Gasteiger partial charge is 0.391 e. The Kier molecular flexibility index (Phi) is 3.56. The zero-order valence-electron chi connectivity index (χ0n) is 11.2. The van der Waals surface area contributed by atoms with E-state index >= 15 is 0 Å². The van der Waals surface area contributed by atoms with Crippen LogP contribution in [0.25, 0.3) is 10.8 Å². The summed E-state index contributed by atoms with van der Waals surface area (Å²) < 4.78 is 0. The van der Waals surface area contributed by atoms with Gasteiger partial charge in [-0.2, -0.15) is 0 Å². The minimum atomic E-state index is -0.423. The summed E-state index contributed by atoms with van der Waals surface area (Å²) in [4.78, 5) is 12.0. The minimum absolute atomic E-state index is 0.134. The molecule has 1 fully saturated rings. The predicted octanol–water partition coefficient (Wildman–Crippen LogP) is 2.87. The lowest BCUT2D eigenvalue weighted by Gasteiger charge is -2.17. The van der Waals surface area contributed by atoms with Crippen LogP contribution in [0.5, 0.6) is 0 Å². The third-order valence-corrected chi connectivity index (χ3v) is 3.83. The summed E-state index contributed by atoms with van der Waals surface area (Å²) in [6.45, 7) is 0. The summed E-state index contributed by atoms with van der Waals surface area (Å²) in [7, 11) is 0. The molecule has 0 aromatic heterocycles. The number of urea groups is 1. The predicted molar refractivity (Wildman–Crippen MR) is 79.7 cm³/mol. The first kappa shape index (κ1) is 12.9. The van der Waals surface area contributed by atoms with Crippen LogP contribution in [-0.2, 0) is 0 Å². The molecule has 1 aliphatic carbocycles. The first-order valence-corrected chi connectivity index (χ1v) is 6.97. The normalized spacial score (nSPS) is 21.9. The minimum Gasteiger partial charge on any atom is -0.391 e. The van der Waals surface area contributed by atoms with Crippen LogP contribution in [0.2, 0.25) is 0 Å². The Hall–Kier alpha value is -2.07. The van der Waals surface area contributed by atoms with Crippen molar-refractivity contribution in [2.75, 3.05) is 5.32 Å². The molecule has 2 aromatic carbocycles. The summed E-state index contributed by atoms with van der Waals surface area (Å²) in [5, 5.41) is 17.5. The van der Waals surface area contributed by atoms with E-state index in [4.69, 9.17) is 0 Å². The Bertz CT molecular complexity index is 621. The highest BCUT2D eigenvalue weighted by molar-refractivity contribution is 6.01. The molecular formula is C16H18N2O2. The van der Waals surface area contributed by atoms with E-state index in [0.717, 1.165) is 35.7 Å². The Morgan fingerprint density at radius 2 is 1.90 bits per heavy atom. The average molecular weight is 270 g/mol. The Labute approximate surface area is 117 Å². The molecule has 0 heterocycles. The molecule has 0 saturated heterocycles. The van der Waals surface area contributed by atoms with E-state index in [9.17, 15) is 9.90 Å². The third kappa shape index (κ3) is 2.60. The van der Waals surface area contributed by atoms with Gasteiger partial charge in [0, 0.05) is 5.39 Å². The molecule has 1 saturated carbocycles. The zero-order chi connectivity index (χ0) is 13.9. The lowest BCUT2D eigenvalue weighted by atomic mass is 10.1. The second kappa shape index (κ2) is 5.51. The number of aliphatic hydroxyl groups is 1. The molecule has 0 spiro atoms. The number of hydrogen-bond acceptors (Lipinski definition) is 2. The van der Waals surface area contributed by atoms with Crippen LogP contribution < -0.4 is 10.6 Å². The summed E-state index contributed by atoms with van der Waals surface area (Å²) >= 11 is 0. The first-order valence-electron chi connectivity index (χ1n) is 6.97. The zero-order valence-corrected chi connectivity index (χ0v) is 11.2. The Balaban J connectivity index is 1.74. The molecule has 0 unspecified atom stereocenters. The van der Waals surface area contributed by atoms with Crippen LogP contribution in [-0.4, -0.2) is 23.3 Å². The van der Waals surface area contributed by atoms with E-state index < -0.39 is 6.10 Å². The molecular weight excluding hydrogens is 252 g/mol. The summed E-state index contributed by atoms with van der Waals surface area (Å²) in [5.41, 5.74) is 0.785. The van der Waals surface area contributed by atoms with Crippen molar-refractivity contribution in [3.63, 3.8) is 0 Å². The van der Waals surface area contributed by atoms with E-state index in [1.165, 1.54) is 0 Å². The van der Waals surface area contributed by atoms with Gasteiger partial charge in [-0.25, -0.2) is 4.79 Å². The molecule has 3 rings (SSSR count). The number of hydrogen-bond donors (Lipinski definition) is 3. The number of nitrogens with one attached hydrogen (secondary N) is 2. The molecule has 2 atom stereocenters. The van der Waals surface area contributed by atoms with Crippen LogP contribution in [0.3, 0.4) is 0 Å². The lowest BCUT2D eigenvalue weighted by Crippen LogP contribution is -2.42. The number of aliphatic hydroxyl groups excluding tert-OH is 1. The maximum absolute atomic E-state index is 12.0. The van der Waals surface area contributed by atoms with E-state index in [1.54, 1.807) is 0 Å². The maximum atomic E-state index is 12.0. The molecule has 0 bridgehead atoms. The molecule has 1 aliphatic rings. The fourth-order valence-corrected chi connectivity index (χ4v) is 2.77. The lowest BCUT2D eigenvalue weighted by molar-refractivity contribution is 0.151. The standard InChI is InChI=1S/C16H18N2O2/c19-15-10-4-9-14(15)18-16(20)17-13-8-3-6-11-5-1-2-7-12(11)13/h1-3,5-8,14-15,19H,4,9-10H2,(H2,17,18,20)/t14-,15-/m0/s1. The van der Waals surface area contributed by atoms with Crippen molar-refractivity contribution >= 4 is 22.5 Å². The van der Waals surface area contributed by atoms with Gasteiger partial charge < -0.3 is 15.7 Å². The number of amides is 2. The van der Waals surface area contributed by atoms with Crippen LogP contribution in [0, 0.1) is 0 Å². The van der Waals surface area contributed by atoms with Crippen molar-refractivity contribution in [3.8, 4) is 0 Å². The van der Waals surface area contributed by atoms with Crippen LogP contribution in [0.4, 0.5) is 10.5 Å². The van der Waals surface area contributed by atoms with Gasteiger partial charge in [0.15, 0.2) is 0 Å². The van der Waals surface area contributed by atoms with Crippen LogP contribution in [0.15, 0.2) is 42.5 Å². The van der Waals surface area contributed by atoms with Gasteiger partial charge in [0.2, 0.25) is 0 Å². The second-order valence-electron chi connectivity index (χ2n) is 5.23. The highest BCUT2D eigenvalue weighted by Gasteiger charge is 2.26. The van der Waals surface area contributed by atoms with E-state index in [1.807, 2.05) is 42.5 Å². The quantitative estimate of drug-likeness (QED) is 0.785. The second-order valence-corrected chi connectivity index (χ2v) is 5.23. The van der Waals surface area contributed by atoms with Gasteiger partial charge >= 0.3 is 6.03 Å². The molecule has 0 aliphatic heterocycles. The van der Waals surface area contributed by atoms with E-state index in [2.05, 4.69) is 10.6 Å². The van der Waals surface area contributed by atoms with E-state index in [-0.39, 0.29) is 12.1 Å². The number of rotatable bonds is 2. The summed E-state index contributed by atoms with van der Waals surface area (Å²) in [5.74, 6) is 0. The van der Waals surface area contributed by atoms with Gasteiger partial charge in [-0.15, -0.1) is 0 Å². The molecule has 0 radical (unpaired) electrons. The average Bonchev–Trinajstić information content (AvgIpc) is 2.85. The SMILES string of the molecule is O=C(Nc1cccc2ccccc12)N[C@H]1CCC[C@@H]1O. The molecule has 4 nitrogen and oxygen atoms in total. The van der Waals surface area contributed by atoms with Gasteiger partial charge in [0.25, 0.3) is 0 Å². The van der Waals surface area contributed by atoms with Crippen molar-refractivity contribution < 1.29 is 9.90 Å². The van der Waals surface area contributed by atoms with Gasteiger partial charge in [-0.3, -0.25) is 0 Å².